The third-order valence-corrected chi connectivity index (χ3v) is 2.79. The van der Waals surface area contributed by atoms with Gasteiger partial charge in [0.05, 0.1) is 10.0 Å². The van der Waals surface area contributed by atoms with Gasteiger partial charge in [0.15, 0.2) is 0 Å². The summed E-state index contributed by atoms with van der Waals surface area (Å²) in [4.78, 5) is 4.04. The van der Waals surface area contributed by atoms with E-state index in [1.807, 2.05) is 31.2 Å². The SMILES string of the molecule is Cc1ccc(Oc2ccc(C#N)cn2)c(Br)c1. The molecule has 17 heavy (non-hydrogen) atoms. The van der Waals surface area contributed by atoms with Gasteiger partial charge in [-0.25, -0.2) is 4.98 Å². The van der Waals surface area contributed by atoms with Gasteiger partial charge in [-0.15, -0.1) is 0 Å². The van der Waals surface area contributed by atoms with E-state index in [1.54, 1.807) is 12.1 Å². The molecular formula is C13H9BrN2O. The predicted molar refractivity (Wildman–Crippen MR) is 67.9 cm³/mol. The normalized spacial score (nSPS) is 9.71. The number of halogens is 1. The summed E-state index contributed by atoms with van der Waals surface area (Å²) in [7, 11) is 0. The molecule has 1 aromatic heterocycles. The zero-order chi connectivity index (χ0) is 12.3. The highest BCUT2D eigenvalue weighted by molar-refractivity contribution is 9.10. The third kappa shape index (κ3) is 2.83. The minimum atomic E-state index is 0.466. The van der Waals surface area contributed by atoms with Crippen LogP contribution in [0.25, 0.3) is 0 Å². The molecule has 0 aliphatic carbocycles. The molecule has 0 spiro atoms. The fraction of sp³-hybridized carbons (Fsp3) is 0.0769. The van der Waals surface area contributed by atoms with Crippen molar-refractivity contribution in [2.45, 2.75) is 6.92 Å². The average molecular weight is 289 g/mol. The number of rotatable bonds is 2. The van der Waals surface area contributed by atoms with Crippen molar-refractivity contribution in [2.75, 3.05) is 0 Å². The molecule has 0 bridgehead atoms. The van der Waals surface area contributed by atoms with Crippen molar-refractivity contribution in [1.82, 2.24) is 4.98 Å². The van der Waals surface area contributed by atoms with Crippen LogP contribution >= 0.6 is 15.9 Å². The largest absolute Gasteiger partial charge is 0.438 e. The van der Waals surface area contributed by atoms with E-state index in [2.05, 4.69) is 20.9 Å². The monoisotopic (exact) mass is 288 g/mol. The van der Waals surface area contributed by atoms with Crippen LogP contribution in [0.4, 0.5) is 0 Å². The number of pyridine rings is 1. The first-order valence-electron chi connectivity index (χ1n) is 4.99. The first-order valence-corrected chi connectivity index (χ1v) is 5.78. The summed E-state index contributed by atoms with van der Waals surface area (Å²) in [5.74, 6) is 1.17. The molecule has 0 aliphatic rings. The van der Waals surface area contributed by atoms with Gasteiger partial charge in [0.2, 0.25) is 5.88 Å². The Morgan fingerprint density at radius 2 is 2.12 bits per heavy atom. The van der Waals surface area contributed by atoms with Gasteiger partial charge in [-0.3, -0.25) is 0 Å². The van der Waals surface area contributed by atoms with E-state index in [0.717, 1.165) is 10.0 Å². The lowest BCUT2D eigenvalue weighted by molar-refractivity contribution is 0.460. The first kappa shape index (κ1) is 11.6. The molecule has 1 heterocycles. The smallest absolute Gasteiger partial charge is 0.219 e. The highest BCUT2D eigenvalue weighted by Gasteiger charge is 2.03. The van der Waals surface area contributed by atoms with Crippen molar-refractivity contribution >= 4 is 15.9 Å². The number of hydrogen-bond donors (Lipinski definition) is 0. The molecule has 0 N–H and O–H groups in total. The molecule has 1 aromatic carbocycles. The van der Waals surface area contributed by atoms with Gasteiger partial charge < -0.3 is 4.74 Å². The van der Waals surface area contributed by atoms with E-state index in [9.17, 15) is 0 Å². The van der Waals surface area contributed by atoms with Crippen LogP contribution in [-0.2, 0) is 0 Å². The van der Waals surface area contributed by atoms with Crippen LogP contribution in [0.3, 0.4) is 0 Å². The van der Waals surface area contributed by atoms with Gasteiger partial charge in [-0.2, -0.15) is 5.26 Å². The Kier molecular flexibility index (Phi) is 3.40. The number of aromatic nitrogens is 1. The van der Waals surface area contributed by atoms with Gasteiger partial charge in [0.25, 0.3) is 0 Å². The van der Waals surface area contributed by atoms with Crippen molar-refractivity contribution in [3.63, 3.8) is 0 Å². The molecule has 2 aromatic rings. The molecule has 2 rings (SSSR count). The van der Waals surface area contributed by atoms with E-state index in [1.165, 1.54) is 6.20 Å². The quantitative estimate of drug-likeness (QED) is 0.844. The second-order valence-electron chi connectivity index (χ2n) is 3.53. The van der Waals surface area contributed by atoms with Gasteiger partial charge in [-0.1, -0.05) is 6.07 Å². The van der Waals surface area contributed by atoms with E-state index in [4.69, 9.17) is 10.00 Å². The summed E-state index contributed by atoms with van der Waals surface area (Å²) < 4.78 is 6.47. The molecule has 3 nitrogen and oxygen atoms in total. The minimum Gasteiger partial charge on any atom is -0.438 e. The fourth-order valence-corrected chi connectivity index (χ4v) is 1.88. The van der Waals surface area contributed by atoms with Crippen molar-refractivity contribution < 1.29 is 4.74 Å². The first-order chi connectivity index (χ1) is 8.19. The van der Waals surface area contributed by atoms with Crippen molar-refractivity contribution in [2.24, 2.45) is 0 Å². The van der Waals surface area contributed by atoms with Crippen molar-refractivity contribution in [3.8, 4) is 17.7 Å². The maximum Gasteiger partial charge on any atom is 0.219 e. The number of hydrogen-bond acceptors (Lipinski definition) is 3. The molecule has 0 aliphatic heterocycles. The van der Waals surface area contributed by atoms with Crippen molar-refractivity contribution in [3.05, 3.63) is 52.1 Å². The fourth-order valence-electron chi connectivity index (χ4n) is 1.31. The van der Waals surface area contributed by atoms with E-state index < -0.39 is 0 Å². The van der Waals surface area contributed by atoms with Crippen LogP contribution < -0.4 is 4.74 Å². The Balaban J connectivity index is 2.23. The summed E-state index contributed by atoms with van der Waals surface area (Å²) in [6, 6.07) is 11.2. The van der Waals surface area contributed by atoms with E-state index >= 15 is 0 Å². The van der Waals surface area contributed by atoms with Gasteiger partial charge in [0, 0.05) is 12.3 Å². The van der Waals surface area contributed by atoms with Crippen LogP contribution in [-0.4, -0.2) is 4.98 Å². The molecule has 0 atom stereocenters. The van der Waals surface area contributed by atoms with E-state index in [-0.39, 0.29) is 0 Å². The lowest BCUT2D eigenvalue weighted by Gasteiger charge is -2.07. The van der Waals surface area contributed by atoms with Gasteiger partial charge in [0.1, 0.15) is 11.8 Å². The highest BCUT2D eigenvalue weighted by Crippen LogP contribution is 2.29. The summed E-state index contributed by atoms with van der Waals surface area (Å²) in [5, 5.41) is 8.65. The average Bonchev–Trinajstić information content (AvgIpc) is 2.34. The number of nitriles is 1. The maximum atomic E-state index is 8.65. The molecule has 0 amide bonds. The topological polar surface area (TPSA) is 45.9 Å². The van der Waals surface area contributed by atoms with E-state index in [0.29, 0.717) is 17.2 Å². The Bertz CT molecular complexity index is 573. The molecule has 4 heteroatoms. The second-order valence-corrected chi connectivity index (χ2v) is 4.39. The predicted octanol–water partition coefficient (Wildman–Crippen LogP) is 3.82. The number of benzene rings is 1. The maximum absolute atomic E-state index is 8.65. The number of aryl methyl sites for hydroxylation is 1. The Morgan fingerprint density at radius 3 is 2.71 bits per heavy atom. The summed E-state index contributed by atoms with van der Waals surface area (Å²) in [6.07, 6.45) is 1.48. The van der Waals surface area contributed by atoms with Crippen LogP contribution in [0, 0.1) is 18.3 Å². The van der Waals surface area contributed by atoms with Crippen LogP contribution in [0.5, 0.6) is 11.6 Å². The lowest BCUT2D eigenvalue weighted by Crippen LogP contribution is -1.89. The molecular weight excluding hydrogens is 280 g/mol. The van der Waals surface area contributed by atoms with Gasteiger partial charge in [-0.05, 0) is 46.6 Å². The summed E-state index contributed by atoms with van der Waals surface area (Å²) in [6.45, 7) is 2.01. The van der Waals surface area contributed by atoms with Crippen LogP contribution in [0.15, 0.2) is 41.0 Å². The third-order valence-electron chi connectivity index (χ3n) is 2.17. The Labute approximate surface area is 108 Å². The minimum absolute atomic E-state index is 0.466. The molecule has 0 fully saturated rings. The Morgan fingerprint density at radius 1 is 1.29 bits per heavy atom. The number of ether oxygens (including phenoxy) is 1. The van der Waals surface area contributed by atoms with Crippen LogP contribution in [0.2, 0.25) is 0 Å². The zero-order valence-electron chi connectivity index (χ0n) is 9.14. The molecule has 0 saturated heterocycles. The zero-order valence-corrected chi connectivity index (χ0v) is 10.7. The molecule has 0 radical (unpaired) electrons. The second kappa shape index (κ2) is 4.98. The van der Waals surface area contributed by atoms with Gasteiger partial charge >= 0.3 is 0 Å². The van der Waals surface area contributed by atoms with Crippen molar-refractivity contribution in [1.29, 1.82) is 5.26 Å². The summed E-state index contributed by atoms with van der Waals surface area (Å²) >= 11 is 3.43. The molecule has 84 valence electrons. The standard InChI is InChI=1S/C13H9BrN2O/c1-9-2-4-12(11(14)6-9)17-13-5-3-10(7-15)8-16-13/h2-6,8H,1H3. The molecule has 0 unspecified atom stereocenters. The lowest BCUT2D eigenvalue weighted by atomic mass is 10.2. The Hall–Kier alpha value is -1.86. The highest BCUT2D eigenvalue weighted by atomic mass is 79.9. The van der Waals surface area contributed by atoms with Crippen LogP contribution in [0.1, 0.15) is 11.1 Å². The molecule has 0 saturated carbocycles. The summed E-state index contributed by atoms with van der Waals surface area (Å²) in [5.41, 5.74) is 1.66. The number of nitrogens with zero attached hydrogens (tertiary/aromatic N) is 2.